The van der Waals surface area contributed by atoms with Gasteiger partial charge in [0.2, 0.25) is 0 Å². The molecule has 0 aromatic heterocycles. The van der Waals surface area contributed by atoms with E-state index >= 15 is 0 Å². The van der Waals surface area contributed by atoms with Gasteiger partial charge >= 0.3 is 9.05 Å². The summed E-state index contributed by atoms with van der Waals surface area (Å²) < 4.78 is 0. The standard InChI is InChI=1S/C8H8B.H4O4Si/c1-2-4-6-8-9-7-5-3-1;1-5(2,3)4/h1-8H;1-4H. The van der Waals surface area contributed by atoms with Gasteiger partial charge in [-0.15, -0.1) is 12.0 Å². The third-order valence-electron chi connectivity index (χ3n) is 1.00. The van der Waals surface area contributed by atoms with Crippen LogP contribution in [0.15, 0.2) is 48.4 Å². The number of hydrogen-bond acceptors (Lipinski definition) is 4. The Labute approximate surface area is 84.6 Å². The molecule has 75 valence electrons. The highest BCUT2D eigenvalue weighted by Gasteiger charge is 2.22. The summed E-state index contributed by atoms with van der Waals surface area (Å²) in [6.07, 6.45) is 12.0. The van der Waals surface area contributed by atoms with Crippen molar-refractivity contribution in [3.05, 3.63) is 48.4 Å². The van der Waals surface area contributed by atoms with Gasteiger partial charge in [0, 0.05) is 0 Å². The Morgan fingerprint density at radius 2 is 0.929 bits per heavy atom. The molecule has 0 aliphatic carbocycles. The molecule has 0 aromatic rings. The van der Waals surface area contributed by atoms with Crippen LogP contribution < -0.4 is 0 Å². The van der Waals surface area contributed by atoms with Crippen molar-refractivity contribution in [3.8, 4) is 0 Å². The minimum Gasteiger partial charge on any atom is -0.368 e. The Kier molecular flexibility index (Phi) is 6.99. The van der Waals surface area contributed by atoms with Gasteiger partial charge < -0.3 is 19.2 Å². The second-order valence-electron chi connectivity index (χ2n) is 2.33. The lowest BCUT2D eigenvalue weighted by Gasteiger charge is -1.91. The average Bonchev–Trinajstić information content (AvgIpc) is 2.14. The molecule has 0 amide bonds. The summed E-state index contributed by atoms with van der Waals surface area (Å²) in [7, 11) is -2.61. The summed E-state index contributed by atoms with van der Waals surface area (Å²) in [5, 5.41) is 0. The van der Waals surface area contributed by atoms with Gasteiger partial charge in [0.1, 0.15) is 0 Å². The van der Waals surface area contributed by atoms with E-state index in [2.05, 4.69) is 0 Å². The Morgan fingerprint density at radius 3 is 1.29 bits per heavy atom. The SMILES string of the molecule is O[Si](O)(O)O.[B]1C=CC=CC=CC=C1. The summed E-state index contributed by atoms with van der Waals surface area (Å²) in [4.78, 5) is 29.3. The first-order valence-corrected chi connectivity index (χ1v) is 5.68. The van der Waals surface area contributed by atoms with Crippen molar-refractivity contribution >= 4 is 16.3 Å². The molecule has 0 bridgehead atoms. The van der Waals surface area contributed by atoms with Crippen molar-refractivity contribution in [3.63, 3.8) is 0 Å². The molecule has 1 aliphatic heterocycles. The Balaban J connectivity index is 0.000000292. The molecule has 0 fully saturated rings. The van der Waals surface area contributed by atoms with E-state index in [1.165, 1.54) is 0 Å². The van der Waals surface area contributed by atoms with Crippen molar-refractivity contribution in [1.82, 2.24) is 0 Å². The van der Waals surface area contributed by atoms with Crippen molar-refractivity contribution in [2.24, 2.45) is 0 Å². The first kappa shape index (κ1) is 13.1. The van der Waals surface area contributed by atoms with E-state index in [0.717, 1.165) is 0 Å². The molecule has 0 aromatic carbocycles. The van der Waals surface area contributed by atoms with Crippen LogP contribution in [-0.4, -0.2) is 35.5 Å². The first-order valence-electron chi connectivity index (χ1n) is 3.89. The van der Waals surface area contributed by atoms with E-state index in [0.29, 0.717) is 0 Å². The minimum absolute atomic E-state index is 2.00. The molecule has 0 atom stereocenters. The molecule has 1 rings (SSSR count). The average molecular weight is 211 g/mol. The lowest BCUT2D eigenvalue weighted by Crippen LogP contribution is -2.33. The number of rotatable bonds is 0. The highest BCUT2D eigenvalue weighted by atomic mass is 28.4. The van der Waals surface area contributed by atoms with Gasteiger partial charge in [-0.05, 0) is 0 Å². The molecule has 6 heteroatoms. The van der Waals surface area contributed by atoms with Crippen molar-refractivity contribution in [2.75, 3.05) is 0 Å². The van der Waals surface area contributed by atoms with Crippen molar-refractivity contribution in [1.29, 1.82) is 0 Å². The highest BCUT2D eigenvalue weighted by molar-refractivity contribution is 6.48. The van der Waals surface area contributed by atoms with Crippen LogP contribution in [0.4, 0.5) is 0 Å². The molecule has 1 aliphatic rings. The van der Waals surface area contributed by atoms with Crippen LogP contribution in [0.25, 0.3) is 0 Å². The molecule has 0 unspecified atom stereocenters. The summed E-state index contributed by atoms with van der Waals surface area (Å²) in [5.74, 6) is 4.00. The molecule has 1 heterocycles. The number of allylic oxidation sites excluding steroid dienone is 6. The fourth-order valence-corrected chi connectivity index (χ4v) is 0.577. The Bertz CT molecular complexity index is 227. The monoisotopic (exact) mass is 211 g/mol. The molecule has 1 radical (unpaired) electrons. The Morgan fingerprint density at radius 1 is 0.643 bits per heavy atom. The zero-order valence-electron chi connectivity index (χ0n) is 7.49. The van der Waals surface area contributed by atoms with E-state index in [-0.39, 0.29) is 0 Å². The molecule has 0 saturated heterocycles. The predicted octanol–water partition coefficient (Wildman–Crippen LogP) is -0.765. The Hall–Kier alpha value is -0.918. The lowest BCUT2D eigenvalue weighted by molar-refractivity contribution is 0.117. The summed E-state index contributed by atoms with van der Waals surface area (Å²) in [6.45, 7) is 0. The maximum absolute atomic E-state index is 7.33. The molecular formula is C8H12BO4Si. The van der Waals surface area contributed by atoms with Crippen molar-refractivity contribution < 1.29 is 19.2 Å². The third-order valence-corrected chi connectivity index (χ3v) is 1.00. The van der Waals surface area contributed by atoms with Gasteiger partial charge in [-0.2, -0.15) is 0 Å². The van der Waals surface area contributed by atoms with Crippen LogP contribution in [0.5, 0.6) is 0 Å². The molecule has 14 heavy (non-hydrogen) atoms. The van der Waals surface area contributed by atoms with Gasteiger partial charge in [-0.25, -0.2) is 0 Å². The van der Waals surface area contributed by atoms with E-state index < -0.39 is 9.05 Å². The largest absolute Gasteiger partial charge is 0.668 e. The van der Waals surface area contributed by atoms with Crippen LogP contribution in [0, 0.1) is 0 Å². The first-order chi connectivity index (χ1) is 6.50. The van der Waals surface area contributed by atoms with Gasteiger partial charge in [0.15, 0.2) is 7.28 Å². The topological polar surface area (TPSA) is 80.9 Å². The highest BCUT2D eigenvalue weighted by Crippen LogP contribution is 1.85. The summed E-state index contributed by atoms with van der Waals surface area (Å²) in [6, 6.07) is 0. The van der Waals surface area contributed by atoms with Gasteiger partial charge in [0.25, 0.3) is 0 Å². The van der Waals surface area contributed by atoms with Gasteiger partial charge in [-0.3, -0.25) is 0 Å². The third kappa shape index (κ3) is 17.2. The summed E-state index contributed by atoms with van der Waals surface area (Å²) >= 11 is 0. The van der Waals surface area contributed by atoms with Gasteiger partial charge in [-0.1, -0.05) is 36.5 Å². The van der Waals surface area contributed by atoms with E-state index in [1.807, 2.05) is 55.7 Å². The van der Waals surface area contributed by atoms with Crippen LogP contribution in [0.2, 0.25) is 0 Å². The maximum Gasteiger partial charge on any atom is 0.668 e. The fourth-order valence-electron chi connectivity index (χ4n) is 0.577. The zero-order valence-corrected chi connectivity index (χ0v) is 8.49. The lowest BCUT2D eigenvalue weighted by atomic mass is 9.78. The maximum atomic E-state index is 7.33. The van der Waals surface area contributed by atoms with E-state index in [9.17, 15) is 0 Å². The van der Waals surface area contributed by atoms with Crippen LogP contribution in [0.1, 0.15) is 0 Å². The smallest absolute Gasteiger partial charge is 0.368 e. The van der Waals surface area contributed by atoms with Gasteiger partial charge in [0.05, 0.1) is 0 Å². The second kappa shape index (κ2) is 7.48. The molecule has 4 nitrogen and oxygen atoms in total. The van der Waals surface area contributed by atoms with Crippen LogP contribution in [0.3, 0.4) is 0 Å². The van der Waals surface area contributed by atoms with E-state index in [1.54, 1.807) is 0 Å². The molecule has 4 N–H and O–H groups in total. The van der Waals surface area contributed by atoms with Crippen LogP contribution in [-0.2, 0) is 0 Å². The quantitative estimate of drug-likeness (QED) is 0.397. The minimum atomic E-state index is -4.61. The molecule has 0 saturated carbocycles. The van der Waals surface area contributed by atoms with Crippen molar-refractivity contribution in [2.45, 2.75) is 0 Å². The number of hydrogen-bond donors (Lipinski definition) is 4. The molecular weight excluding hydrogens is 199 g/mol. The fraction of sp³-hybridized carbons (Fsp3) is 0. The molecule has 0 spiro atoms. The van der Waals surface area contributed by atoms with Crippen LogP contribution >= 0.6 is 0 Å². The summed E-state index contributed by atoms with van der Waals surface area (Å²) in [5.41, 5.74) is 0. The zero-order chi connectivity index (χ0) is 10.9. The predicted molar refractivity (Wildman–Crippen MR) is 56.9 cm³/mol. The second-order valence-corrected chi connectivity index (χ2v) is 3.53. The van der Waals surface area contributed by atoms with E-state index in [4.69, 9.17) is 19.2 Å². The normalized spacial score (nSPS) is 14.6.